The van der Waals surface area contributed by atoms with E-state index in [9.17, 15) is 23.3 Å². The molecule has 2 atom stereocenters. The summed E-state index contributed by atoms with van der Waals surface area (Å²) in [5.74, 6) is -0.136. The number of hydrogen-bond acceptors (Lipinski definition) is 6. The first-order valence-corrected chi connectivity index (χ1v) is 6.08. The molecule has 1 aromatic carbocycles. The maximum Gasteiger partial charge on any atom is 0.428 e. The van der Waals surface area contributed by atoms with Crippen LogP contribution in [0.4, 0.5) is 18.9 Å². The van der Waals surface area contributed by atoms with Crippen molar-refractivity contribution >= 4 is 5.69 Å². The lowest BCUT2D eigenvalue weighted by Crippen LogP contribution is -2.38. The number of nitro benzene ring substituents is 1. The Balaban J connectivity index is 2.01. The zero-order valence-corrected chi connectivity index (χ0v) is 11.0. The summed E-state index contributed by atoms with van der Waals surface area (Å²) in [7, 11) is 0. The van der Waals surface area contributed by atoms with E-state index in [4.69, 9.17) is 14.7 Å². The molecule has 0 saturated carbocycles. The molecule has 0 aliphatic carbocycles. The minimum absolute atomic E-state index is 0.0787. The molecule has 0 aromatic heterocycles. The zero-order chi connectivity index (χ0) is 16.3. The number of nitrogens with zero attached hydrogens (tertiary/aromatic N) is 2. The molecular formula is C12H10F3N3O4. The largest absolute Gasteiger partial charge is 0.484 e. The highest BCUT2D eigenvalue weighted by molar-refractivity contribution is 5.51. The summed E-state index contributed by atoms with van der Waals surface area (Å²) in [5.41, 5.74) is -0.354. The molecular weight excluding hydrogens is 307 g/mol. The SMILES string of the molecule is N#Cc1ccc(OC[C@@H]2CN[C@@H](C(F)(F)F)O2)c([N+](=O)[O-])c1. The lowest BCUT2D eigenvalue weighted by atomic mass is 10.2. The van der Waals surface area contributed by atoms with Crippen LogP contribution in [0, 0.1) is 21.4 Å². The van der Waals surface area contributed by atoms with Gasteiger partial charge in [-0.25, -0.2) is 0 Å². The number of nitriles is 1. The smallest absolute Gasteiger partial charge is 0.428 e. The van der Waals surface area contributed by atoms with Crippen LogP contribution in [0.25, 0.3) is 0 Å². The first-order valence-electron chi connectivity index (χ1n) is 6.08. The number of halogens is 3. The van der Waals surface area contributed by atoms with Crippen LogP contribution in [0.2, 0.25) is 0 Å². The molecule has 0 radical (unpaired) electrons. The maximum absolute atomic E-state index is 12.4. The molecule has 0 unspecified atom stereocenters. The molecule has 1 fully saturated rings. The van der Waals surface area contributed by atoms with Gasteiger partial charge in [0.2, 0.25) is 6.23 Å². The predicted octanol–water partition coefficient (Wildman–Crippen LogP) is 1.72. The summed E-state index contributed by atoms with van der Waals surface area (Å²) < 4.78 is 47.1. The van der Waals surface area contributed by atoms with Crippen LogP contribution in [0.15, 0.2) is 18.2 Å². The predicted molar refractivity (Wildman–Crippen MR) is 66.0 cm³/mol. The van der Waals surface area contributed by atoms with Gasteiger partial charge in [-0.3, -0.25) is 15.4 Å². The van der Waals surface area contributed by atoms with Crippen molar-refractivity contribution < 1.29 is 27.6 Å². The van der Waals surface area contributed by atoms with E-state index in [1.54, 1.807) is 6.07 Å². The van der Waals surface area contributed by atoms with Crippen molar-refractivity contribution in [1.82, 2.24) is 5.32 Å². The molecule has 0 amide bonds. The van der Waals surface area contributed by atoms with Gasteiger partial charge in [-0.1, -0.05) is 0 Å². The van der Waals surface area contributed by atoms with Gasteiger partial charge in [-0.05, 0) is 12.1 Å². The van der Waals surface area contributed by atoms with Gasteiger partial charge in [0, 0.05) is 12.6 Å². The molecule has 1 N–H and O–H groups in total. The molecule has 0 spiro atoms. The minimum Gasteiger partial charge on any atom is -0.484 e. The highest BCUT2D eigenvalue weighted by Crippen LogP contribution is 2.29. The van der Waals surface area contributed by atoms with E-state index in [0.29, 0.717) is 0 Å². The second-order valence-electron chi connectivity index (χ2n) is 4.45. The Morgan fingerprint density at radius 3 is 2.82 bits per heavy atom. The Hall–Kier alpha value is -2.38. The van der Waals surface area contributed by atoms with E-state index in [-0.39, 0.29) is 24.5 Å². The number of nitrogens with one attached hydrogen (secondary N) is 1. The van der Waals surface area contributed by atoms with Crippen LogP contribution in [0.1, 0.15) is 5.56 Å². The van der Waals surface area contributed by atoms with E-state index in [0.717, 1.165) is 6.07 Å². The van der Waals surface area contributed by atoms with Crippen molar-refractivity contribution in [2.75, 3.05) is 13.2 Å². The fourth-order valence-electron chi connectivity index (χ4n) is 1.85. The summed E-state index contributed by atoms with van der Waals surface area (Å²) in [6, 6.07) is 5.32. The van der Waals surface area contributed by atoms with Crippen LogP contribution < -0.4 is 10.1 Å². The standard InChI is InChI=1S/C12H10F3N3O4/c13-12(14,15)11-17-5-8(22-11)6-21-10-2-1-7(4-16)3-9(10)18(19)20/h1-3,8,11,17H,5-6H2/t8-,11+/m0/s1. The fourth-order valence-corrected chi connectivity index (χ4v) is 1.85. The van der Waals surface area contributed by atoms with E-state index < -0.39 is 29.1 Å². The van der Waals surface area contributed by atoms with Crippen LogP contribution >= 0.6 is 0 Å². The van der Waals surface area contributed by atoms with Crippen molar-refractivity contribution in [3.63, 3.8) is 0 Å². The Bertz CT molecular complexity index is 615. The van der Waals surface area contributed by atoms with Crippen LogP contribution in [-0.2, 0) is 4.74 Å². The van der Waals surface area contributed by atoms with Crippen molar-refractivity contribution in [2.24, 2.45) is 0 Å². The van der Waals surface area contributed by atoms with Crippen molar-refractivity contribution in [1.29, 1.82) is 5.26 Å². The Labute approximate surface area is 122 Å². The molecule has 1 aromatic rings. The maximum atomic E-state index is 12.4. The number of benzene rings is 1. The second kappa shape index (κ2) is 6.17. The van der Waals surface area contributed by atoms with E-state index in [1.807, 2.05) is 0 Å². The third-order valence-electron chi connectivity index (χ3n) is 2.87. The minimum atomic E-state index is -4.53. The number of hydrogen-bond donors (Lipinski definition) is 1. The molecule has 1 heterocycles. The summed E-state index contributed by atoms with van der Waals surface area (Å²) in [6.07, 6.45) is -7.49. The van der Waals surface area contributed by atoms with Gasteiger partial charge < -0.3 is 9.47 Å². The van der Waals surface area contributed by atoms with E-state index in [1.165, 1.54) is 12.1 Å². The highest BCUT2D eigenvalue weighted by atomic mass is 19.4. The Kier molecular flexibility index (Phi) is 4.48. The summed E-state index contributed by atoms with van der Waals surface area (Å²) in [5, 5.41) is 21.7. The molecule has 2 rings (SSSR count). The van der Waals surface area contributed by atoms with Crippen molar-refractivity contribution in [3.05, 3.63) is 33.9 Å². The summed E-state index contributed by atoms with van der Waals surface area (Å²) >= 11 is 0. The quantitative estimate of drug-likeness (QED) is 0.671. The number of nitro groups is 1. The summed E-state index contributed by atoms with van der Waals surface area (Å²) in [6.45, 7) is -0.374. The molecule has 22 heavy (non-hydrogen) atoms. The van der Waals surface area contributed by atoms with Gasteiger partial charge in [0.15, 0.2) is 5.75 Å². The van der Waals surface area contributed by atoms with Gasteiger partial charge in [-0.15, -0.1) is 0 Å². The molecule has 7 nitrogen and oxygen atoms in total. The lowest BCUT2D eigenvalue weighted by molar-refractivity contribution is -0.386. The lowest BCUT2D eigenvalue weighted by Gasteiger charge is -2.15. The molecule has 1 aliphatic heterocycles. The van der Waals surface area contributed by atoms with E-state index >= 15 is 0 Å². The molecule has 118 valence electrons. The van der Waals surface area contributed by atoms with E-state index in [2.05, 4.69) is 5.32 Å². The Morgan fingerprint density at radius 2 is 2.27 bits per heavy atom. The highest BCUT2D eigenvalue weighted by Gasteiger charge is 2.45. The average Bonchev–Trinajstić information content (AvgIpc) is 2.93. The summed E-state index contributed by atoms with van der Waals surface area (Å²) in [4.78, 5) is 10.2. The van der Waals surface area contributed by atoms with Crippen molar-refractivity contribution in [3.8, 4) is 11.8 Å². The molecule has 1 saturated heterocycles. The molecule has 1 aliphatic rings. The molecule has 10 heteroatoms. The number of ether oxygens (including phenoxy) is 2. The zero-order valence-electron chi connectivity index (χ0n) is 11.0. The topological polar surface area (TPSA) is 97.4 Å². The number of alkyl halides is 3. The van der Waals surface area contributed by atoms with Gasteiger partial charge >= 0.3 is 11.9 Å². The van der Waals surface area contributed by atoms with Gasteiger partial charge in [0.1, 0.15) is 12.7 Å². The van der Waals surface area contributed by atoms with Gasteiger partial charge in [0.05, 0.1) is 16.6 Å². The third kappa shape index (κ3) is 3.63. The third-order valence-corrected chi connectivity index (χ3v) is 2.87. The first kappa shape index (κ1) is 16.0. The van der Waals surface area contributed by atoms with Crippen molar-refractivity contribution in [2.45, 2.75) is 18.5 Å². The van der Waals surface area contributed by atoms with Gasteiger partial charge in [0.25, 0.3) is 0 Å². The van der Waals surface area contributed by atoms with Gasteiger partial charge in [-0.2, -0.15) is 18.4 Å². The fraction of sp³-hybridized carbons (Fsp3) is 0.417. The van der Waals surface area contributed by atoms with Crippen LogP contribution in [0.3, 0.4) is 0 Å². The normalized spacial score (nSPS) is 21.4. The second-order valence-corrected chi connectivity index (χ2v) is 4.45. The van der Waals surface area contributed by atoms with Crippen LogP contribution in [-0.4, -0.2) is 36.6 Å². The van der Waals surface area contributed by atoms with Crippen LogP contribution in [0.5, 0.6) is 5.75 Å². The number of rotatable bonds is 4. The monoisotopic (exact) mass is 317 g/mol. The molecule has 0 bridgehead atoms. The average molecular weight is 317 g/mol. The Morgan fingerprint density at radius 1 is 1.55 bits per heavy atom. The first-order chi connectivity index (χ1) is 10.3.